The predicted octanol–water partition coefficient (Wildman–Crippen LogP) is 2.06. The maximum Gasteiger partial charge on any atom is 0.243 e. The largest absolute Gasteiger partial charge is 0.373 e. The van der Waals surface area contributed by atoms with Gasteiger partial charge >= 0.3 is 0 Å². The van der Waals surface area contributed by atoms with Gasteiger partial charge in [-0.2, -0.15) is 0 Å². The first-order valence-electron chi connectivity index (χ1n) is 10.7. The molecule has 4 rings (SSSR count). The number of amides is 2. The molecular weight excluding hydrogens is 371 g/mol. The van der Waals surface area contributed by atoms with E-state index in [2.05, 4.69) is 15.5 Å². The predicted molar refractivity (Wildman–Crippen MR) is 110 cm³/mol. The van der Waals surface area contributed by atoms with Gasteiger partial charge in [-0.1, -0.05) is 6.07 Å². The van der Waals surface area contributed by atoms with Gasteiger partial charge in [0.1, 0.15) is 11.9 Å². The van der Waals surface area contributed by atoms with E-state index in [1.165, 1.54) is 6.07 Å². The Balaban J connectivity index is 1.35. The number of benzene rings is 1. The minimum Gasteiger partial charge on any atom is -0.373 e. The smallest absolute Gasteiger partial charge is 0.243 e. The van der Waals surface area contributed by atoms with E-state index >= 15 is 0 Å². The first-order chi connectivity index (χ1) is 13.9. The lowest BCUT2D eigenvalue weighted by molar-refractivity contribution is -0.130. The van der Waals surface area contributed by atoms with Gasteiger partial charge in [0.05, 0.1) is 6.54 Å². The number of likely N-dealkylation sites (N-methyl/N-ethyl adjacent to an activating group) is 1. The zero-order chi connectivity index (χ0) is 20.5. The highest BCUT2D eigenvalue weighted by atomic mass is 19.1. The summed E-state index contributed by atoms with van der Waals surface area (Å²) in [6, 6.07) is 3.23. The average Bonchev–Trinajstić information content (AvgIpc) is 3.10. The number of anilines is 1. The molecule has 3 aliphatic rings. The van der Waals surface area contributed by atoms with Crippen molar-refractivity contribution >= 4 is 17.5 Å². The molecule has 0 bridgehead atoms. The van der Waals surface area contributed by atoms with Gasteiger partial charge < -0.3 is 15.5 Å². The second-order valence-corrected chi connectivity index (χ2v) is 8.78. The standard InChI is InChI=1S/C22H31FN4O2/c1-14-7-8-18(23)17-12-19(25-21(14)17)22(29)24-15-5-3-6-16(11-15)27-10-4-9-26(2)20(28)13-27/h7-8,15-16,19,25H,3-6,9-13H2,1-2H3,(H,24,29)/t15-,16-,19?/m0/s1. The molecule has 0 aromatic heterocycles. The van der Waals surface area contributed by atoms with Crippen molar-refractivity contribution in [3.8, 4) is 0 Å². The number of nitrogens with zero attached hydrogens (tertiary/aromatic N) is 2. The van der Waals surface area contributed by atoms with Crippen molar-refractivity contribution in [1.82, 2.24) is 15.1 Å². The van der Waals surface area contributed by atoms with E-state index in [0.717, 1.165) is 56.4 Å². The Morgan fingerprint density at radius 3 is 2.86 bits per heavy atom. The Labute approximate surface area is 171 Å². The third-order valence-corrected chi connectivity index (χ3v) is 6.72. The van der Waals surface area contributed by atoms with Crippen LogP contribution in [0.5, 0.6) is 0 Å². The summed E-state index contributed by atoms with van der Waals surface area (Å²) in [6.07, 6.45) is 5.32. The molecule has 2 fully saturated rings. The Morgan fingerprint density at radius 1 is 1.24 bits per heavy atom. The fourth-order valence-electron chi connectivity index (χ4n) is 4.98. The van der Waals surface area contributed by atoms with Crippen LogP contribution in [0.2, 0.25) is 0 Å². The summed E-state index contributed by atoms with van der Waals surface area (Å²) in [5.74, 6) is -0.127. The highest BCUT2D eigenvalue weighted by Gasteiger charge is 2.34. The van der Waals surface area contributed by atoms with Gasteiger partial charge in [-0.25, -0.2) is 4.39 Å². The van der Waals surface area contributed by atoms with Gasteiger partial charge in [0.15, 0.2) is 0 Å². The van der Waals surface area contributed by atoms with Gasteiger partial charge in [0.25, 0.3) is 0 Å². The van der Waals surface area contributed by atoms with Crippen molar-refractivity contribution in [2.45, 2.75) is 63.6 Å². The monoisotopic (exact) mass is 402 g/mol. The molecule has 158 valence electrons. The van der Waals surface area contributed by atoms with Gasteiger partial charge in [-0.3, -0.25) is 14.5 Å². The number of nitrogens with one attached hydrogen (secondary N) is 2. The number of carbonyl (C=O) groups excluding carboxylic acids is 2. The van der Waals surface area contributed by atoms with Crippen molar-refractivity contribution in [3.05, 3.63) is 29.1 Å². The van der Waals surface area contributed by atoms with Crippen molar-refractivity contribution in [2.24, 2.45) is 0 Å². The lowest BCUT2D eigenvalue weighted by Crippen LogP contribution is -2.50. The summed E-state index contributed by atoms with van der Waals surface area (Å²) in [5, 5.41) is 6.41. The summed E-state index contributed by atoms with van der Waals surface area (Å²) in [7, 11) is 1.87. The van der Waals surface area contributed by atoms with Gasteiger partial charge in [-0.05, 0) is 50.7 Å². The lowest BCUT2D eigenvalue weighted by Gasteiger charge is -2.37. The molecule has 1 saturated carbocycles. The molecule has 6 nitrogen and oxygen atoms in total. The summed E-state index contributed by atoms with van der Waals surface area (Å²) in [5.41, 5.74) is 2.34. The third-order valence-electron chi connectivity index (χ3n) is 6.72. The summed E-state index contributed by atoms with van der Waals surface area (Å²) in [4.78, 5) is 29.2. The Morgan fingerprint density at radius 2 is 2.07 bits per heavy atom. The van der Waals surface area contributed by atoms with Crippen LogP contribution in [-0.4, -0.2) is 66.4 Å². The number of hydrogen-bond acceptors (Lipinski definition) is 4. The van der Waals surface area contributed by atoms with E-state index < -0.39 is 6.04 Å². The van der Waals surface area contributed by atoms with Gasteiger partial charge in [-0.15, -0.1) is 0 Å². The number of fused-ring (bicyclic) bond motifs is 1. The minimum absolute atomic E-state index is 0.0580. The fourth-order valence-corrected chi connectivity index (χ4v) is 4.98. The molecular formula is C22H31FN4O2. The Kier molecular flexibility index (Phi) is 5.76. The van der Waals surface area contributed by atoms with Crippen LogP contribution in [0, 0.1) is 12.7 Å². The van der Waals surface area contributed by atoms with Crippen LogP contribution in [0.1, 0.15) is 43.2 Å². The van der Waals surface area contributed by atoms with E-state index in [1.807, 2.05) is 18.9 Å². The molecule has 1 unspecified atom stereocenters. The maximum atomic E-state index is 14.1. The number of hydrogen-bond donors (Lipinski definition) is 2. The van der Waals surface area contributed by atoms with Crippen LogP contribution in [0.3, 0.4) is 0 Å². The molecule has 1 aromatic carbocycles. The number of rotatable bonds is 3. The van der Waals surface area contributed by atoms with Crippen LogP contribution in [0.25, 0.3) is 0 Å². The summed E-state index contributed by atoms with van der Waals surface area (Å²) in [6.45, 7) is 4.14. The van der Waals surface area contributed by atoms with E-state index in [-0.39, 0.29) is 23.7 Å². The number of aryl methyl sites for hydroxylation is 1. The highest BCUT2D eigenvalue weighted by molar-refractivity contribution is 5.88. The number of halogens is 1. The molecule has 1 aliphatic carbocycles. The molecule has 1 saturated heterocycles. The van der Waals surface area contributed by atoms with E-state index in [4.69, 9.17) is 0 Å². The molecule has 2 amide bonds. The second-order valence-electron chi connectivity index (χ2n) is 8.78. The van der Waals surface area contributed by atoms with E-state index in [9.17, 15) is 14.0 Å². The Bertz CT molecular complexity index is 768. The molecule has 2 heterocycles. The highest BCUT2D eigenvalue weighted by Crippen LogP contribution is 2.32. The van der Waals surface area contributed by atoms with Crippen LogP contribution in [-0.2, 0) is 16.0 Å². The van der Waals surface area contributed by atoms with Crippen LogP contribution >= 0.6 is 0 Å². The maximum absolute atomic E-state index is 14.1. The summed E-state index contributed by atoms with van der Waals surface area (Å²) < 4.78 is 14.1. The van der Waals surface area contributed by atoms with Crippen molar-refractivity contribution < 1.29 is 14.0 Å². The lowest BCUT2D eigenvalue weighted by atomic mass is 9.89. The molecule has 3 atom stereocenters. The van der Waals surface area contributed by atoms with Gasteiger partial charge in [0, 0.05) is 49.9 Å². The van der Waals surface area contributed by atoms with Crippen molar-refractivity contribution in [1.29, 1.82) is 0 Å². The second kappa shape index (κ2) is 8.30. The first-order valence-corrected chi connectivity index (χ1v) is 10.7. The quantitative estimate of drug-likeness (QED) is 0.812. The van der Waals surface area contributed by atoms with Crippen LogP contribution < -0.4 is 10.6 Å². The zero-order valence-electron chi connectivity index (χ0n) is 17.3. The topological polar surface area (TPSA) is 64.7 Å². The normalized spacial score (nSPS) is 27.9. The molecule has 7 heteroatoms. The molecule has 1 aromatic rings. The average molecular weight is 403 g/mol. The molecule has 29 heavy (non-hydrogen) atoms. The SMILES string of the molecule is Cc1ccc(F)c2c1NC(C(=O)N[C@H]1CCC[C@H](N3CCCN(C)C(=O)C3)C1)C2. The van der Waals surface area contributed by atoms with E-state index in [0.29, 0.717) is 24.6 Å². The van der Waals surface area contributed by atoms with Crippen molar-refractivity contribution in [2.75, 3.05) is 32.0 Å². The number of carbonyl (C=O) groups is 2. The first kappa shape index (κ1) is 20.1. The van der Waals surface area contributed by atoms with Crippen LogP contribution in [0.4, 0.5) is 10.1 Å². The molecule has 0 spiro atoms. The summed E-state index contributed by atoms with van der Waals surface area (Å²) >= 11 is 0. The van der Waals surface area contributed by atoms with E-state index in [1.54, 1.807) is 6.07 Å². The third kappa shape index (κ3) is 4.25. The van der Waals surface area contributed by atoms with Crippen LogP contribution in [0.15, 0.2) is 12.1 Å². The Hall–Kier alpha value is -2.15. The zero-order valence-corrected chi connectivity index (χ0v) is 17.3. The molecule has 0 radical (unpaired) electrons. The minimum atomic E-state index is -0.422. The molecule has 2 aliphatic heterocycles. The fraction of sp³-hybridized carbons (Fsp3) is 0.636. The van der Waals surface area contributed by atoms with Gasteiger partial charge in [0.2, 0.25) is 11.8 Å². The molecule has 2 N–H and O–H groups in total. The van der Waals surface area contributed by atoms with Crippen molar-refractivity contribution in [3.63, 3.8) is 0 Å².